The van der Waals surface area contributed by atoms with Crippen molar-refractivity contribution in [3.8, 4) is 11.5 Å². The second kappa shape index (κ2) is 8.64. The molecule has 0 fully saturated rings. The van der Waals surface area contributed by atoms with Gasteiger partial charge in [-0.1, -0.05) is 17.7 Å². The van der Waals surface area contributed by atoms with Crippen LogP contribution in [0.1, 0.15) is 11.1 Å². The van der Waals surface area contributed by atoms with E-state index in [1.54, 1.807) is 30.9 Å². The lowest BCUT2D eigenvalue weighted by atomic mass is 10.2. The molecule has 0 radical (unpaired) electrons. The Labute approximate surface area is 147 Å². The standard InChI is InChI=1S/C19H23NO3S/c1-14-5-9-17(10-6-14)24-13-19(21)20(2)12-15-7-8-16(22-3)11-18(15)23-4/h5-11H,12-13H2,1-4H3. The third-order valence-corrected chi connectivity index (χ3v) is 4.71. The first-order valence-electron chi connectivity index (χ1n) is 7.68. The number of hydrogen-bond acceptors (Lipinski definition) is 4. The predicted octanol–water partition coefficient (Wildman–Crippen LogP) is 3.76. The summed E-state index contributed by atoms with van der Waals surface area (Å²) in [6, 6.07) is 13.8. The molecule has 0 heterocycles. The van der Waals surface area contributed by atoms with Crippen LogP contribution >= 0.6 is 11.8 Å². The van der Waals surface area contributed by atoms with Crippen molar-refractivity contribution in [2.45, 2.75) is 18.4 Å². The SMILES string of the molecule is COc1ccc(CN(C)C(=O)CSc2ccc(C)cc2)c(OC)c1. The monoisotopic (exact) mass is 345 g/mol. The van der Waals surface area contributed by atoms with E-state index in [1.807, 2.05) is 37.4 Å². The highest BCUT2D eigenvalue weighted by Crippen LogP contribution is 2.26. The van der Waals surface area contributed by atoms with Crippen LogP contribution in [0.5, 0.6) is 11.5 Å². The number of aryl methyl sites for hydroxylation is 1. The van der Waals surface area contributed by atoms with E-state index in [0.717, 1.165) is 22.0 Å². The molecule has 0 aromatic heterocycles. The lowest BCUT2D eigenvalue weighted by Gasteiger charge is -2.19. The maximum Gasteiger partial charge on any atom is 0.232 e. The zero-order valence-electron chi connectivity index (χ0n) is 14.5. The minimum Gasteiger partial charge on any atom is -0.497 e. The third-order valence-electron chi connectivity index (χ3n) is 3.71. The summed E-state index contributed by atoms with van der Waals surface area (Å²) in [5, 5.41) is 0. The van der Waals surface area contributed by atoms with Crippen molar-refractivity contribution in [3.05, 3.63) is 53.6 Å². The molecule has 0 saturated heterocycles. The highest BCUT2D eigenvalue weighted by molar-refractivity contribution is 8.00. The highest BCUT2D eigenvalue weighted by atomic mass is 32.2. The molecule has 0 unspecified atom stereocenters. The molecule has 2 aromatic rings. The molecule has 24 heavy (non-hydrogen) atoms. The van der Waals surface area contributed by atoms with E-state index in [9.17, 15) is 4.79 Å². The Morgan fingerprint density at radius 1 is 1.08 bits per heavy atom. The van der Waals surface area contributed by atoms with E-state index in [-0.39, 0.29) is 5.91 Å². The first-order chi connectivity index (χ1) is 11.5. The summed E-state index contributed by atoms with van der Waals surface area (Å²) in [5.74, 6) is 1.95. The van der Waals surface area contributed by atoms with Gasteiger partial charge in [0.25, 0.3) is 0 Å². The van der Waals surface area contributed by atoms with Gasteiger partial charge >= 0.3 is 0 Å². The molecule has 0 saturated carbocycles. The molecule has 5 heteroatoms. The number of amides is 1. The maximum absolute atomic E-state index is 12.3. The van der Waals surface area contributed by atoms with Crippen molar-refractivity contribution in [2.24, 2.45) is 0 Å². The van der Waals surface area contributed by atoms with Gasteiger partial charge < -0.3 is 14.4 Å². The zero-order valence-corrected chi connectivity index (χ0v) is 15.4. The van der Waals surface area contributed by atoms with Crippen molar-refractivity contribution in [3.63, 3.8) is 0 Å². The van der Waals surface area contributed by atoms with Crippen LogP contribution in [0.2, 0.25) is 0 Å². The van der Waals surface area contributed by atoms with Gasteiger partial charge in [-0.25, -0.2) is 0 Å². The van der Waals surface area contributed by atoms with Crippen LogP contribution in [0.4, 0.5) is 0 Å². The highest BCUT2D eigenvalue weighted by Gasteiger charge is 2.13. The van der Waals surface area contributed by atoms with Crippen LogP contribution in [-0.2, 0) is 11.3 Å². The number of rotatable bonds is 7. The van der Waals surface area contributed by atoms with Gasteiger partial charge in [0.15, 0.2) is 0 Å². The van der Waals surface area contributed by atoms with E-state index in [4.69, 9.17) is 9.47 Å². The normalized spacial score (nSPS) is 10.3. The molecular formula is C19H23NO3S. The average Bonchev–Trinajstić information content (AvgIpc) is 2.61. The number of benzene rings is 2. The number of carbonyl (C=O) groups excluding carboxylic acids is 1. The van der Waals surface area contributed by atoms with Crippen LogP contribution < -0.4 is 9.47 Å². The molecule has 0 atom stereocenters. The largest absolute Gasteiger partial charge is 0.497 e. The average molecular weight is 345 g/mol. The molecule has 4 nitrogen and oxygen atoms in total. The first kappa shape index (κ1) is 18.2. The molecule has 128 valence electrons. The number of methoxy groups -OCH3 is 2. The van der Waals surface area contributed by atoms with Crippen molar-refractivity contribution >= 4 is 17.7 Å². The Balaban J connectivity index is 1.94. The van der Waals surface area contributed by atoms with Gasteiger partial charge in [0.2, 0.25) is 5.91 Å². The van der Waals surface area contributed by atoms with Gasteiger partial charge in [-0.05, 0) is 31.2 Å². The van der Waals surface area contributed by atoms with Gasteiger partial charge in [-0.15, -0.1) is 11.8 Å². The Morgan fingerprint density at radius 3 is 2.42 bits per heavy atom. The molecule has 0 aliphatic carbocycles. The number of thioether (sulfide) groups is 1. The fourth-order valence-corrected chi connectivity index (χ4v) is 3.05. The smallest absolute Gasteiger partial charge is 0.232 e. The molecule has 2 aromatic carbocycles. The Morgan fingerprint density at radius 2 is 1.79 bits per heavy atom. The first-order valence-corrected chi connectivity index (χ1v) is 8.66. The molecule has 0 bridgehead atoms. The summed E-state index contributed by atoms with van der Waals surface area (Å²) < 4.78 is 10.6. The van der Waals surface area contributed by atoms with Gasteiger partial charge in [0.05, 0.1) is 20.0 Å². The van der Waals surface area contributed by atoms with E-state index in [2.05, 4.69) is 19.1 Å². The van der Waals surface area contributed by atoms with Crippen molar-refractivity contribution in [1.29, 1.82) is 0 Å². The van der Waals surface area contributed by atoms with Crippen molar-refractivity contribution in [1.82, 2.24) is 4.90 Å². The van der Waals surface area contributed by atoms with Crippen LogP contribution in [-0.4, -0.2) is 37.8 Å². The minimum absolute atomic E-state index is 0.0819. The summed E-state index contributed by atoms with van der Waals surface area (Å²) in [4.78, 5) is 15.2. The molecule has 2 rings (SSSR count). The molecule has 0 aliphatic rings. The molecule has 0 spiro atoms. The van der Waals surface area contributed by atoms with E-state index < -0.39 is 0 Å². The number of nitrogens with zero attached hydrogens (tertiary/aromatic N) is 1. The molecule has 0 aliphatic heterocycles. The summed E-state index contributed by atoms with van der Waals surface area (Å²) >= 11 is 1.55. The van der Waals surface area contributed by atoms with Gasteiger partial charge in [-0.3, -0.25) is 4.79 Å². The Kier molecular flexibility index (Phi) is 6.55. The lowest BCUT2D eigenvalue weighted by molar-refractivity contribution is -0.127. The van der Waals surface area contributed by atoms with Crippen LogP contribution in [0, 0.1) is 6.92 Å². The Bertz CT molecular complexity index is 686. The maximum atomic E-state index is 12.3. The fourth-order valence-electron chi connectivity index (χ4n) is 2.22. The quantitative estimate of drug-likeness (QED) is 0.716. The minimum atomic E-state index is 0.0819. The predicted molar refractivity (Wildman–Crippen MR) is 97.9 cm³/mol. The molecule has 1 amide bonds. The number of hydrogen-bond donors (Lipinski definition) is 0. The van der Waals surface area contributed by atoms with Crippen molar-refractivity contribution < 1.29 is 14.3 Å². The summed E-state index contributed by atoms with van der Waals surface area (Å²) in [7, 11) is 5.04. The van der Waals surface area contributed by atoms with E-state index in [1.165, 1.54) is 5.56 Å². The topological polar surface area (TPSA) is 38.8 Å². The Hall–Kier alpha value is -2.14. The van der Waals surface area contributed by atoms with Gasteiger partial charge in [0, 0.05) is 30.1 Å². The van der Waals surface area contributed by atoms with Crippen LogP contribution in [0.15, 0.2) is 47.4 Å². The summed E-state index contributed by atoms with van der Waals surface area (Å²) in [6.07, 6.45) is 0. The fraction of sp³-hybridized carbons (Fsp3) is 0.316. The summed E-state index contributed by atoms with van der Waals surface area (Å²) in [6.45, 7) is 2.55. The van der Waals surface area contributed by atoms with Crippen LogP contribution in [0.3, 0.4) is 0 Å². The van der Waals surface area contributed by atoms with Gasteiger partial charge in [-0.2, -0.15) is 0 Å². The second-order valence-electron chi connectivity index (χ2n) is 5.53. The van der Waals surface area contributed by atoms with Crippen molar-refractivity contribution in [2.75, 3.05) is 27.0 Å². The lowest BCUT2D eigenvalue weighted by Crippen LogP contribution is -2.28. The molecular weight excluding hydrogens is 322 g/mol. The van der Waals surface area contributed by atoms with Gasteiger partial charge in [0.1, 0.15) is 11.5 Å². The van der Waals surface area contributed by atoms with E-state index >= 15 is 0 Å². The van der Waals surface area contributed by atoms with Crippen LogP contribution in [0.25, 0.3) is 0 Å². The van der Waals surface area contributed by atoms with E-state index in [0.29, 0.717) is 12.3 Å². The number of carbonyl (C=O) groups is 1. The summed E-state index contributed by atoms with van der Waals surface area (Å²) in [5.41, 5.74) is 2.17. The second-order valence-corrected chi connectivity index (χ2v) is 6.58. The third kappa shape index (κ3) is 4.93. The number of ether oxygens (including phenoxy) is 2. The molecule has 0 N–H and O–H groups in total. The zero-order chi connectivity index (χ0) is 17.5.